The molecule has 2 aromatic carbocycles. The lowest BCUT2D eigenvalue weighted by atomic mass is 10.1. The largest absolute Gasteiger partial charge is 0.497 e. The molecule has 3 N–H and O–H groups in total. The molecule has 0 spiro atoms. The van der Waals surface area contributed by atoms with Crippen LogP contribution in [0.3, 0.4) is 0 Å². The fraction of sp³-hybridized carbons (Fsp3) is 0.533. The minimum atomic E-state index is -3.58. The number of likely N-dealkylation sites (tertiary alicyclic amines) is 1. The number of amides is 1. The molecular formula is C30H44F2N2O6. The van der Waals surface area contributed by atoms with Gasteiger partial charge in [0.2, 0.25) is 5.91 Å². The summed E-state index contributed by atoms with van der Waals surface area (Å²) in [4.78, 5) is 22.3. The van der Waals surface area contributed by atoms with Crippen LogP contribution in [0.1, 0.15) is 57.9 Å². The number of methoxy groups -OCH3 is 1. The number of hydrogen-bond acceptors (Lipinski definition) is 6. The molecule has 1 heterocycles. The number of carbonyl (C=O) groups excluding carboxylic acids is 1. The monoisotopic (exact) mass is 566 g/mol. The summed E-state index contributed by atoms with van der Waals surface area (Å²) < 4.78 is 38.4. The van der Waals surface area contributed by atoms with Gasteiger partial charge in [-0.05, 0) is 93.7 Å². The number of carboxylic acids is 1. The van der Waals surface area contributed by atoms with Crippen molar-refractivity contribution in [3.63, 3.8) is 0 Å². The quantitative estimate of drug-likeness (QED) is 0.288. The molecule has 0 aromatic heterocycles. The van der Waals surface area contributed by atoms with Crippen molar-refractivity contribution in [2.45, 2.75) is 64.7 Å². The number of nitrogens with two attached hydrogens (primary N) is 1. The van der Waals surface area contributed by atoms with Crippen molar-refractivity contribution in [1.82, 2.24) is 4.90 Å². The van der Waals surface area contributed by atoms with Crippen molar-refractivity contribution < 1.29 is 37.7 Å². The molecule has 40 heavy (non-hydrogen) atoms. The number of aliphatic carboxylic acids is 1. The van der Waals surface area contributed by atoms with Gasteiger partial charge in [0, 0.05) is 6.92 Å². The number of unbranched alkanes of at least 4 members (excludes halogenated alkanes) is 1. The Bertz CT molecular complexity index is 960. The molecule has 1 aliphatic heterocycles. The highest BCUT2D eigenvalue weighted by molar-refractivity contribution is 5.74. The van der Waals surface area contributed by atoms with E-state index in [1.807, 2.05) is 0 Å². The van der Waals surface area contributed by atoms with Gasteiger partial charge in [0.15, 0.2) is 0 Å². The molecule has 1 amide bonds. The van der Waals surface area contributed by atoms with Gasteiger partial charge in [0.1, 0.15) is 17.2 Å². The average Bonchev–Trinajstić information content (AvgIpc) is 3.44. The first kappa shape index (κ1) is 34.6. The molecule has 0 bridgehead atoms. The Labute approximate surface area is 236 Å². The highest BCUT2D eigenvalue weighted by atomic mass is 19.3. The topological polar surface area (TPSA) is 111 Å². The number of aryl methyl sites for hydroxylation is 1. The molecule has 0 unspecified atom stereocenters. The van der Waals surface area contributed by atoms with Crippen LogP contribution in [0.15, 0.2) is 48.5 Å². The van der Waals surface area contributed by atoms with E-state index in [2.05, 4.69) is 36.1 Å². The molecule has 1 fully saturated rings. The van der Waals surface area contributed by atoms with Crippen LogP contribution in [-0.4, -0.2) is 67.8 Å². The van der Waals surface area contributed by atoms with Crippen LogP contribution in [-0.2, 0) is 16.0 Å². The zero-order valence-electron chi connectivity index (χ0n) is 23.9. The Balaban J connectivity index is 0.000000335. The van der Waals surface area contributed by atoms with Crippen LogP contribution in [0.4, 0.5) is 8.78 Å². The lowest BCUT2D eigenvalue weighted by molar-refractivity contribution is -0.161. The summed E-state index contributed by atoms with van der Waals surface area (Å²) >= 11 is 0. The van der Waals surface area contributed by atoms with Gasteiger partial charge in [0.05, 0.1) is 26.7 Å². The van der Waals surface area contributed by atoms with Crippen LogP contribution in [0.25, 0.3) is 0 Å². The zero-order valence-corrected chi connectivity index (χ0v) is 23.9. The molecule has 10 heteroatoms. The van der Waals surface area contributed by atoms with Crippen LogP contribution in [0, 0.1) is 0 Å². The third kappa shape index (κ3) is 16.5. The number of ether oxygens (including phenoxy) is 3. The second-order valence-electron chi connectivity index (χ2n) is 9.43. The van der Waals surface area contributed by atoms with E-state index in [1.54, 1.807) is 31.4 Å². The molecule has 8 nitrogen and oxygen atoms in total. The normalized spacial score (nSPS) is 12.8. The van der Waals surface area contributed by atoms with Crippen molar-refractivity contribution in [3.8, 4) is 17.2 Å². The van der Waals surface area contributed by atoms with E-state index < -0.39 is 11.9 Å². The van der Waals surface area contributed by atoms with E-state index in [0.29, 0.717) is 19.3 Å². The smallest absolute Gasteiger partial charge is 0.374 e. The number of carbonyl (C=O) groups is 2. The van der Waals surface area contributed by atoms with Gasteiger partial charge in [0.25, 0.3) is 0 Å². The summed E-state index contributed by atoms with van der Waals surface area (Å²) in [7, 11) is 1.60. The van der Waals surface area contributed by atoms with Crippen molar-refractivity contribution in [2.24, 2.45) is 5.73 Å². The summed E-state index contributed by atoms with van der Waals surface area (Å²) in [5.41, 5.74) is 6.40. The summed E-state index contributed by atoms with van der Waals surface area (Å²) in [6.45, 7) is 7.54. The highest BCUT2D eigenvalue weighted by Gasteiger charge is 2.31. The van der Waals surface area contributed by atoms with E-state index in [0.717, 1.165) is 24.5 Å². The number of benzene rings is 2. The number of nitrogens with zero attached hydrogens (tertiary/aromatic N) is 1. The van der Waals surface area contributed by atoms with E-state index >= 15 is 0 Å². The molecular weight excluding hydrogens is 522 g/mol. The van der Waals surface area contributed by atoms with Gasteiger partial charge < -0.3 is 30.0 Å². The molecule has 0 atom stereocenters. The SMILES string of the molecule is CC(F)(F)C(=O)O.CCCCOc1ccc(CCCN2CCCC2)cc1.COc1ccc(OCCC(N)=O)cc1. The molecule has 2 aromatic rings. The Morgan fingerprint density at radius 1 is 0.925 bits per heavy atom. The fourth-order valence-corrected chi connectivity index (χ4v) is 3.54. The van der Waals surface area contributed by atoms with Crippen LogP contribution in [0.5, 0.6) is 17.2 Å². The second-order valence-corrected chi connectivity index (χ2v) is 9.43. The maximum absolute atomic E-state index is 11.2. The summed E-state index contributed by atoms with van der Waals surface area (Å²) in [6, 6.07) is 15.8. The van der Waals surface area contributed by atoms with E-state index in [-0.39, 0.29) is 12.3 Å². The third-order valence-corrected chi connectivity index (χ3v) is 5.88. The Kier molecular flexibility index (Phi) is 17.0. The number of rotatable bonds is 14. The van der Waals surface area contributed by atoms with Gasteiger partial charge in [-0.15, -0.1) is 0 Å². The Hall–Kier alpha value is -3.40. The molecule has 224 valence electrons. The first-order chi connectivity index (χ1) is 19.0. The van der Waals surface area contributed by atoms with E-state index in [9.17, 15) is 18.4 Å². The van der Waals surface area contributed by atoms with Crippen molar-refractivity contribution in [2.75, 3.05) is 40.0 Å². The zero-order chi connectivity index (χ0) is 29.8. The molecule has 3 rings (SSSR count). The molecule has 1 saturated heterocycles. The van der Waals surface area contributed by atoms with Crippen molar-refractivity contribution in [3.05, 3.63) is 54.1 Å². The predicted octanol–water partition coefficient (Wildman–Crippen LogP) is 5.57. The van der Waals surface area contributed by atoms with Crippen LogP contribution in [0.2, 0.25) is 0 Å². The molecule has 0 radical (unpaired) electrons. The minimum absolute atomic E-state index is 0.228. The minimum Gasteiger partial charge on any atom is -0.497 e. The Morgan fingerprint density at radius 3 is 1.90 bits per heavy atom. The lowest BCUT2D eigenvalue weighted by Crippen LogP contribution is -2.22. The second kappa shape index (κ2) is 19.6. The van der Waals surface area contributed by atoms with Gasteiger partial charge in [-0.25, -0.2) is 4.79 Å². The number of primary amides is 1. The van der Waals surface area contributed by atoms with Crippen molar-refractivity contribution in [1.29, 1.82) is 0 Å². The molecule has 0 aliphatic carbocycles. The lowest BCUT2D eigenvalue weighted by Gasteiger charge is -2.14. The number of alkyl halides is 2. The maximum Gasteiger partial charge on any atom is 0.374 e. The Morgan fingerprint density at radius 2 is 1.43 bits per heavy atom. The van der Waals surface area contributed by atoms with E-state index in [1.165, 1.54) is 57.3 Å². The van der Waals surface area contributed by atoms with E-state index in [4.69, 9.17) is 25.1 Å². The van der Waals surface area contributed by atoms with Crippen LogP contribution >= 0.6 is 0 Å². The number of hydrogen-bond donors (Lipinski definition) is 2. The highest BCUT2D eigenvalue weighted by Crippen LogP contribution is 2.17. The van der Waals surface area contributed by atoms with Crippen molar-refractivity contribution >= 4 is 11.9 Å². The summed E-state index contributed by atoms with van der Waals surface area (Å²) in [6.07, 6.45) is 7.80. The van der Waals surface area contributed by atoms with Gasteiger partial charge in [-0.3, -0.25) is 4.79 Å². The summed E-state index contributed by atoms with van der Waals surface area (Å²) in [5.74, 6) is -3.55. The summed E-state index contributed by atoms with van der Waals surface area (Å²) in [5, 5.41) is 7.50. The average molecular weight is 567 g/mol. The fourth-order valence-electron chi connectivity index (χ4n) is 3.54. The predicted molar refractivity (Wildman–Crippen MR) is 151 cm³/mol. The maximum atomic E-state index is 11.2. The van der Waals surface area contributed by atoms with Gasteiger partial charge in [-0.2, -0.15) is 8.78 Å². The molecule has 0 saturated carbocycles. The van der Waals surface area contributed by atoms with Gasteiger partial charge >= 0.3 is 11.9 Å². The number of carboxylic acid groups (broad SMARTS) is 1. The molecule has 1 aliphatic rings. The number of halogens is 2. The standard InChI is InChI=1S/C17H27NO.C10H13NO3.C3H4F2O2/c1-2-3-15-19-17-10-8-16(9-11-17)7-6-14-18-12-4-5-13-18;1-13-8-2-4-9(5-3-8)14-7-6-10(11)12;1-3(4,5)2(6)7/h8-11H,2-7,12-15H2,1H3;2-5H,6-7H2,1H3,(H2,11,12);1H3,(H,6,7). The van der Waals surface area contributed by atoms with Gasteiger partial charge in [-0.1, -0.05) is 25.5 Å². The van der Waals surface area contributed by atoms with Crippen LogP contribution < -0.4 is 19.9 Å². The third-order valence-electron chi connectivity index (χ3n) is 5.88. The first-order valence-electron chi connectivity index (χ1n) is 13.7. The first-order valence-corrected chi connectivity index (χ1v) is 13.7.